The van der Waals surface area contributed by atoms with E-state index in [1.165, 1.54) is 0 Å². The molecule has 0 radical (unpaired) electrons. The first-order valence-corrected chi connectivity index (χ1v) is 6.72. The lowest BCUT2D eigenvalue weighted by Gasteiger charge is -2.01. The van der Waals surface area contributed by atoms with Crippen molar-refractivity contribution in [1.29, 1.82) is 5.26 Å². The van der Waals surface area contributed by atoms with E-state index in [0.29, 0.717) is 23.0 Å². The first kappa shape index (κ1) is 12.4. The quantitative estimate of drug-likeness (QED) is 0.735. The molecule has 0 saturated heterocycles. The molecule has 2 aromatic heterocycles. The minimum absolute atomic E-state index is 0.199. The van der Waals surface area contributed by atoms with Crippen molar-refractivity contribution in [3.05, 3.63) is 53.2 Å². The molecule has 2 heterocycles. The zero-order valence-corrected chi connectivity index (χ0v) is 11.1. The molecule has 0 aliphatic heterocycles. The average Bonchev–Trinajstić information content (AvgIpc) is 3.16. The summed E-state index contributed by atoms with van der Waals surface area (Å²) < 4.78 is 10.6. The van der Waals surface area contributed by atoms with Crippen molar-refractivity contribution in [3.8, 4) is 22.5 Å². The van der Waals surface area contributed by atoms with E-state index in [9.17, 15) is 0 Å². The molecule has 3 rings (SSSR count). The molecule has 0 atom stereocenters. The normalized spacial score (nSPS) is 10.2. The van der Waals surface area contributed by atoms with Crippen LogP contribution in [0, 0.1) is 11.3 Å². The van der Waals surface area contributed by atoms with Gasteiger partial charge in [-0.2, -0.15) is 10.2 Å². The Labute approximate surface area is 119 Å². The van der Waals surface area contributed by atoms with Gasteiger partial charge in [-0.25, -0.2) is 0 Å². The fraction of sp³-hybridized carbons (Fsp3) is 0.0714. The molecule has 0 saturated carbocycles. The van der Waals surface area contributed by atoms with Gasteiger partial charge in [0.2, 0.25) is 5.82 Å². The van der Waals surface area contributed by atoms with Crippen molar-refractivity contribution < 1.29 is 9.26 Å². The molecule has 0 aliphatic rings. The van der Waals surface area contributed by atoms with Gasteiger partial charge in [-0.1, -0.05) is 11.2 Å². The molecule has 0 bridgehead atoms. The fourth-order valence-corrected chi connectivity index (χ4v) is 2.24. The molecule has 20 heavy (non-hydrogen) atoms. The van der Waals surface area contributed by atoms with Crippen LogP contribution in [-0.4, -0.2) is 10.1 Å². The average molecular weight is 283 g/mol. The highest BCUT2D eigenvalue weighted by Crippen LogP contribution is 2.21. The Bertz CT molecular complexity index is 727. The second-order valence-corrected chi connectivity index (χ2v) is 4.86. The van der Waals surface area contributed by atoms with Crippen LogP contribution in [0.2, 0.25) is 0 Å². The maximum Gasteiger partial charge on any atom is 0.264 e. The van der Waals surface area contributed by atoms with Gasteiger partial charge in [-0.3, -0.25) is 0 Å². The third-order valence-electron chi connectivity index (χ3n) is 2.56. The van der Waals surface area contributed by atoms with E-state index in [1.54, 1.807) is 35.6 Å². The van der Waals surface area contributed by atoms with E-state index in [1.807, 2.05) is 17.5 Å². The number of benzene rings is 1. The Morgan fingerprint density at radius 2 is 2.10 bits per heavy atom. The highest BCUT2D eigenvalue weighted by molar-refractivity contribution is 7.13. The summed E-state index contributed by atoms with van der Waals surface area (Å²) in [5.74, 6) is 1.64. The summed E-state index contributed by atoms with van der Waals surface area (Å²) >= 11 is 1.55. The Morgan fingerprint density at radius 1 is 1.25 bits per heavy atom. The van der Waals surface area contributed by atoms with Crippen LogP contribution in [0.5, 0.6) is 5.75 Å². The van der Waals surface area contributed by atoms with Gasteiger partial charge in [0.25, 0.3) is 5.89 Å². The van der Waals surface area contributed by atoms with Crippen LogP contribution in [0.25, 0.3) is 10.7 Å². The van der Waals surface area contributed by atoms with E-state index in [-0.39, 0.29) is 6.61 Å². The van der Waals surface area contributed by atoms with Crippen molar-refractivity contribution >= 4 is 11.3 Å². The number of hydrogen-bond donors (Lipinski definition) is 0. The van der Waals surface area contributed by atoms with Gasteiger partial charge < -0.3 is 9.26 Å². The number of hydrogen-bond acceptors (Lipinski definition) is 6. The lowest BCUT2D eigenvalue weighted by atomic mass is 10.2. The number of nitriles is 1. The summed E-state index contributed by atoms with van der Waals surface area (Å²) in [5, 5.41) is 14.6. The predicted octanol–water partition coefficient (Wildman–Crippen LogP) is 3.25. The molecule has 0 N–H and O–H groups in total. The molecule has 0 amide bonds. The first-order valence-electron chi connectivity index (χ1n) is 5.84. The highest BCUT2D eigenvalue weighted by Gasteiger charge is 2.09. The minimum atomic E-state index is 0.199. The molecule has 6 heteroatoms. The van der Waals surface area contributed by atoms with Crippen LogP contribution in [0.1, 0.15) is 11.5 Å². The third-order valence-corrected chi connectivity index (χ3v) is 3.42. The maximum atomic E-state index is 8.71. The van der Waals surface area contributed by atoms with Gasteiger partial charge in [0.15, 0.2) is 6.61 Å². The standard InChI is InChI=1S/C14H9N3O2S/c15-8-10-3-5-11(6-4-10)18-9-13-16-14(17-19-13)12-2-1-7-20-12/h1-7H,9H2. The minimum Gasteiger partial charge on any atom is -0.484 e. The predicted molar refractivity (Wildman–Crippen MR) is 73.1 cm³/mol. The SMILES string of the molecule is N#Cc1ccc(OCc2nc(-c3cccs3)no2)cc1. The van der Waals surface area contributed by atoms with Crippen LogP contribution in [0.4, 0.5) is 0 Å². The monoisotopic (exact) mass is 283 g/mol. The smallest absolute Gasteiger partial charge is 0.264 e. The Kier molecular flexibility index (Phi) is 3.44. The van der Waals surface area contributed by atoms with Gasteiger partial charge in [0, 0.05) is 0 Å². The van der Waals surface area contributed by atoms with E-state index in [4.69, 9.17) is 14.5 Å². The largest absolute Gasteiger partial charge is 0.484 e. The zero-order valence-electron chi connectivity index (χ0n) is 10.3. The fourth-order valence-electron chi connectivity index (χ4n) is 1.59. The van der Waals surface area contributed by atoms with Gasteiger partial charge in [-0.15, -0.1) is 11.3 Å². The van der Waals surface area contributed by atoms with E-state index >= 15 is 0 Å². The second kappa shape index (κ2) is 5.55. The van der Waals surface area contributed by atoms with Crippen molar-refractivity contribution in [2.75, 3.05) is 0 Å². The molecule has 3 aromatic rings. The Balaban J connectivity index is 1.65. The molecular weight excluding hydrogens is 274 g/mol. The Hall–Kier alpha value is -2.65. The summed E-state index contributed by atoms with van der Waals surface area (Å²) in [5.41, 5.74) is 0.593. The number of rotatable bonds is 4. The molecule has 5 nitrogen and oxygen atoms in total. The lowest BCUT2D eigenvalue weighted by Crippen LogP contribution is -1.95. The van der Waals surface area contributed by atoms with Crippen LogP contribution in [0.3, 0.4) is 0 Å². The molecule has 0 fully saturated rings. The lowest BCUT2D eigenvalue weighted by molar-refractivity contribution is 0.243. The van der Waals surface area contributed by atoms with Crippen molar-refractivity contribution in [2.24, 2.45) is 0 Å². The molecule has 98 valence electrons. The van der Waals surface area contributed by atoms with E-state index in [0.717, 1.165) is 4.88 Å². The zero-order chi connectivity index (χ0) is 13.8. The highest BCUT2D eigenvalue weighted by atomic mass is 32.1. The molecule has 0 unspecified atom stereocenters. The first-order chi connectivity index (χ1) is 9.85. The molecule has 0 spiro atoms. The van der Waals surface area contributed by atoms with Gasteiger partial charge in [0.05, 0.1) is 16.5 Å². The second-order valence-electron chi connectivity index (χ2n) is 3.91. The number of ether oxygens (including phenoxy) is 1. The van der Waals surface area contributed by atoms with Crippen molar-refractivity contribution in [3.63, 3.8) is 0 Å². The molecule has 0 aliphatic carbocycles. The maximum absolute atomic E-state index is 8.71. The van der Waals surface area contributed by atoms with Crippen LogP contribution < -0.4 is 4.74 Å². The van der Waals surface area contributed by atoms with Crippen LogP contribution in [0.15, 0.2) is 46.3 Å². The summed E-state index contributed by atoms with van der Waals surface area (Å²) in [6.45, 7) is 0.199. The van der Waals surface area contributed by atoms with Crippen LogP contribution >= 0.6 is 11.3 Å². The van der Waals surface area contributed by atoms with Crippen molar-refractivity contribution in [1.82, 2.24) is 10.1 Å². The number of thiophene rings is 1. The van der Waals surface area contributed by atoms with Crippen LogP contribution in [-0.2, 0) is 6.61 Å². The Morgan fingerprint density at radius 3 is 2.80 bits per heavy atom. The summed E-state index contributed by atoms with van der Waals surface area (Å²) in [4.78, 5) is 5.21. The summed E-state index contributed by atoms with van der Waals surface area (Å²) in [6.07, 6.45) is 0. The molecular formula is C14H9N3O2S. The van der Waals surface area contributed by atoms with Gasteiger partial charge >= 0.3 is 0 Å². The summed E-state index contributed by atoms with van der Waals surface area (Å²) in [6, 6.07) is 12.8. The van der Waals surface area contributed by atoms with E-state index < -0.39 is 0 Å². The topological polar surface area (TPSA) is 71.9 Å². The van der Waals surface area contributed by atoms with Gasteiger partial charge in [0.1, 0.15) is 5.75 Å². The van der Waals surface area contributed by atoms with E-state index in [2.05, 4.69) is 16.2 Å². The van der Waals surface area contributed by atoms with Gasteiger partial charge in [-0.05, 0) is 35.7 Å². The third kappa shape index (κ3) is 2.68. The van der Waals surface area contributed by atoms with Crippen molar-refractivity contribution in [2.45, 2.75) is 6.61 Å². The number of nitrogens with zero attached hydrogens (tertiary/aromatic N) is 3. The summed E-state index contributed by atoms with van der Waals surface area (Å²) in [7, 11) is 0. The molecule has 1 aromatic carbocycles. The number of aromatic nitrogens is 2.